The Balaban J connectivity index is 1.28. The van der Waals surface area contributed by atoms with Gasteiger partial charge in [0.2, 0.25) is 0 Å². The summed E-state index contributed by atoms with van der Waals surface area (Å²) in [7, 11) is 0. The number of hydrogen-bond donors (Lipinski definition) is 0. The zero-order valence-electron chi connectivity index (χ0n) is 17.6. The molecule has 8 heteroatoms. The number of carbonyl (C=O) groups excluding carboxylic acids is 1. The van der Waals surface area contributed by atoms with Crippen molar-refractivity contribution in [3.8, 4) is 5.75 Å². The van der Waals surface area contributed by atoms with Gasteiger partial charge in [-0.2, -0.15) is 0 Å². The van der Waals surface area contributed by atoms with Gasteiger partial charge in [-0.25, -0.2) is 4.39 Å². The van der Waals surface area contributed by atoms with E-state index in [0.29, 0.717) is 41.2 Å². The number of ether oxygens (including phenoxy) is 1. The van der Waals surface area contributed by atoms with Crippen molar-refractivity contribution in [3.05, 3.63) is 85.3 Å². The molecule has 1 saturated heterocycles. The molecule has 3 aromatic rings. The summed E-state index contributed by atoms with van der Waals surface area (Å²) in [6, 6.07) is 11.9. The molecule has 32 heavy (non-hydrogen) atoms. The molecule has 4 nitrogen and oxygen atoms in total. The number of rotatable bonds is 6. The quantitative estimate of drug-likeness (QED) is 0.420. The number of thiophene rings is 1. The smallest absolute Gasteiger partial charge is 0.264 e. The Morgan fingerprint density at radius 1 is 1.06 bits per heavy atom. The van der Waals surface area contributed by atoms with E-state index in [0.717, 1.165) is 35.5 Å². The van der Waals surface area contributed by atoms with Crippen LogP contribution in [-0.4, -0.2) is 41.9 Å². The van der Waals surface area contributed by atoms with E-state index in [4.69, 9.17) is 27.9 Å². The van der Waals surface area contributed by atoms with Crippen molar-refractivity contribution in [3.63, 3.8) is 0 Å². The van der Waals surface area contributed by atoms with Crippen LogP contribution >= 0.6 is 34.5 Å². The Labute approximate surface area is 201 Å². The number of benzene rings is 2. The second kappa shape index (κ2) is 10.2. The predicted molar refractivity (Wildman–Crippen MR) is 127 cm³/mol. The third kappa shape index (κ3) is 5.62. The number of nitrogens with zero attached hydrogens (tertiary/aromatic N) is 2. The lowest BCUT2D eigenvalue weighted by Crippen LogP contribution is -2.48. The van der Waals surface area contributed by atoms with E-state index in [9.17, 15) is 9.18 Å². The van der Waals surface area contributed by atoms with Gasteiger partial charge in [0.25, 0.3) is 5.91 Å². The van der Waals surface area contributed by atoms with Crippen LogP contribution in [0.15, 0.2) is 47.8 Å². The minimum atomic E-state index is -0.335. The highest BCUT2D eigenvalue weighted by molar-refractivity contribution is 7.12. The molecule has 0 N–H and O–H groups in total. The van der Waals surface area contributed by atoms with E-state index in [-0.39, 0.29) is 11.7 Å². The van der Waals surface area contributed by atoms with Gasteiger partial charge in [0, 0.05) is 48.3 Å². The zero-order chi connectivity index (χ0) is 22.7. The van der Waals surface area contributed by atoms with Crippen LogP contribution in [0.5, 0.6) is 5.75 Å². The molecule has 0 radical (unpaired) electrons. The minimum Gasteiger partial charge on any atom is -0.489 e. The van der Waals surface area contributed by atoms with Crippen LogP contribution in [0.2, 0.25) is 10.0 Å². The van der Waals surface area contributed by atoms with Crippen LogP contribution in [0.4, 0.5) is 4.39 Å². The summed E-state index contributed by atoms with van der Waals surface area (Å²) in [6.45, 7) is 5.76. The highest BCUT2D eigenvalue weighted by Crippen LogP contribution is 2.24. The number of aryl methyl sites for hydroxylation is 1. The van der Waals surface area contributed by atoms with Crippen LogP contribution in [-0.2, 0) is 13.2 Å². The topological polar surface area (TPSA) is 32.8 Å². The average molecular weight is 493 g/mol. The van der Waals surface area contributed by atoms with Crippen molar-refractivity contribution in [2.45, 2.75) is 20.1 Å². The van der Waals surface area contributed by atoms with Gasteiger partial charge >= 0.3 is 0 Å². The highest BCUT2D eigenvalue weighted by Gasteiger charge is 2.23. The van der Waals surface area contributed by atoms with Gasteiger partial charge in [-0.05, 0) is 59.8 Å². The fourth-order valence-corrected chi connectivity index (χ4v) is 4.80. The zero-order valence-corrected chi connectivity index (χ0v) is 19.9. The van der Waals surface area contributed by atoms with E-state index < -0.39 is 0 Å². The lowest BCUT2D eigenvalue weighted by molar-refractivity contribution is 0.0633. The SMILES string of the molecule is Cc1cc(OCc2csc(C(=O)N3CCN(Cc4ccc(F)cc4Cl)CC3)c2)ccc1Cl. The summed E-state index contributed by atoms with van der Waals surface area (Å²) in [5.41, 5.74) is 2.83. The molecule has 0 bridgehead atoms. The Morgan fingerprint density at radius 3 is 2.56 bits per heavy atom. The molecule has 0 spiro atoms. The molecule has 1 aromatic heterocycles. The van der Waals surface area contributed by atoms with Gasteiger partial charge in [-0.1, -0.05) is 29.3 Å². The van der Waals surface area contributed by atoms with Crippen molar-refractivity contribution >= 4 is 40.4 Å². The van der Waals surface area contributed by atoms with E-state index in [2.05, 4.69) is 4.90 Å². The monoisotopic (exact) mass is 492 g/mol. The van der Waals surface area contributed by atoms with Gasteiger partial charge in [0.1, 0.15) is 18.2 Å². The molecule has 1 amide bonds. The molecule has 2 aromatic carbocycles. The summed E-state index contributed by atoms with van der Waals surface area (Å²) in [5, 5.41) is 3.11. The van der Waals surface area contributed by atoms with Crippen molar-refractivity contribution in [1.82, 2.24) is 9.80 Å². The fraction of sp³-hybridized carbons (Fsp3) is 0.292. The summed E-state index contributed by atoms with van der Waals surface area (Å²) in [5.74, 6) is 0.463. The molecule has 0 saturated carbocycles. The maximum atomic E-state index is 13.2. The number of piperazine rings is 1. The summed E-state index contributed by atoms with van der Waals surface area (Å²) in [4.78, 5) is 17.7. The first-order valence-corrected chi connectivity index (χ1v) is 11.9. The number of hydrogen-bond acceptors (Lipinski definition) is 4. The van der Waals surface area contributed by atoms with E-state index in [1.807, 2.05) is 41.5 Å². The Kier molecular flexibility index (Phi) is 7.36. The lowest BCUT2D eigenvalue weighted by atomic mass is 10.2. The van der Waals surface area contributed by atoms with Crippen LogP contribution in [0.1, 0.15) is 26.4 Å². The molecule has 0 aliphatic carbocycles. The fourth-order valence-electron chi connectivity index (χ4n) is 3.59. The van der Waals surface area contributed by atoms with E-state index >= 15 is 0 Å². The normalized spacial score (nSPS) is 14.6. The predicted octanol–water partition coefficient (Wildman–Crippen LogP) is 6.04. The molecule has 1 aliphatic heterocycles. The van der Waals surface area contributed by atoms with Gasteiger partial charge < -0.3 is 9.64 Å². The standard InChI is InChI=1S/C24H23Cl2FN2O2S/c1-16-10-20(4-5-21(16)25)31-14-17-11-23(32-15-17)24(30)29-8-6-28(7-9-29)13-18-2-3-19(27)12-22(18)26/h2-5,10-12,15H,6-9,13-14H2,1H3. The third-order valence-electron chi connectivity index (χ3n) is 5.47. The molecule has 0 atom stereocenters. The molecule has 4 rings (SSSR count). The van der Waals surface area contributed by atoms with Crippen molar-refractivity contribution in [1.29, 1.82) is 0 Å². The largest absolute Gasteiger partial charge is 0.489 e. The van der Waals surface area contributed by atoms with Gasteiger partial charge in [0.05, 0.1) is 4.88 Å². The van der Waals surface area contributed by atoms with Crippen molar-refractivity contribution in [2.24, 2.45) is 0 Å². The van der Waals surface area contributed by atoms with E-state index in [1.54, 1.807) is 6.07 Å². The molecular formula is C24H23Cl2FN2O2S. The van der Waals surface area contributed by atoms with Gasteiger partial charge in [-0.15, -0.1) is 11.3 Å². The van der Waals surface area contributed by atoms with Crippen molar-refractivity contribution in [2.75, 3.05) is 26.2 Å². The molecular weight excluding hydrogens is 470 g/mol. The number of halogens is 3. The Morgan fingerprint density at radius 2 is 1.84 bits per heavy atom. The molecule has 1 fully saturated rings. The summed E-state index contributed by atoms with van der Waals surface area (Å²) < 4.78 is 19.1. The third-order valence-corrected chi connectivity index (χ3v) is 7.21. The molecule has 1 aliphatic rings. The van der Waals surface area contributed by atoms with Crippen LogP contribution in [0.25, 0.3) is 0 Å². The summed E-state index contributed by atoms with van der Waals surface area (Å²) >= 11 is 13.6. The van der Waals surface area contributed by atoms with Crippen LogP contribution in [0.3, 0.4) is 0 Å². The van der Waals surface area contributed by atoms with Gasteiger partial charge in [0.15, 0.2) is 0 Å². The summed E-state index contributed by atoms with van der Waals surface area (Å²) in [6.07, 6.45) is 0. The number of carbonyl (C=O) groups is 1. The second-order valence-electron chi connectivity index (χ2n) is 7.82. The van der Waals surface area contributed by atoms with Gasteiger partial charge in [-0.3, -0.25) is 9.69 Å². The number of amides is 1. The maximum absolute atomic E-state index is 13.2. The minimum absolute atomic E-state index is 0.0445. The maximum Gasteiger partial charge on any atom is 0.264 e. The van der Waals surface area contributed by atoms with Crippen LogP contribution in [0, 0.1) is 12.7 Å². The first-order valence-electron chi connectivity index (χ1n) is 10.3. The highest BCUT2D eigenvalue weighted by atomic mass is 35.5. The average Bonchev–Trinajstić information content (AvgIpc) is 3.26. The van der Waals surface area contributed by atoms with Crippen molar-refractivity contribution < 1.29 is 13.9 Å². The molecule has 2 heterocycles. The first-order chi connectivity index (χ1) is 15.4. The second-order valence-corrected chi connectivity index (χ2v) is 9.55. The molecule has 0 unspecified atom stereocenters. The van der Waals surface area contributed by atoms with E-state index in [1.165, 1.54) is 23.5 Å². The Hall–Kier alpha value is -2.12. The van der Waals surface area contributed by atoms with Crippen LogP contribution < -0.4 is 4.74 Å². The Bertz CT molecular complexity index is 1110. The first kappa shape index (κ1) is 23.1. The molecule has 168 valence electrons. The lowest BCUT2D eigenvalue weighted by Gasteiger charge is -2.34.